The summed E-state index contributed by atoms with van der Waals surface area (Å²) in [4.78, 5) is 38.4. The van der Waals surface area contributed by atoms with Crippen molar-refractivity contribution in [3.63, 3.8) is 0 Å². The zero-order valence-electron chi connectivity index (χ0n) is 51.7. The maximum atomic E-state index is 12.9. The van der Waals surface area contributed by atoms with E-state index in [4.69, 9.17) is 14.2 Å². The number of allylic oxidation sites excluding steroid dienone is 8. The summed E-state index contributed by atoms with van der Waals surface area (Å²) in [5.41, 5.74) is 0. The second kappa shape index (κ2) is 65.9. The third-order valence-electron chi connectivity index (χ3n) is 15.3. The van der Waals surface area contributed by atoms with Crippen molar-refractivity contribution in [2.24, 2.45) is 0 Å². The van der Waals surface area contributed by atoms with E-state index in [1.54, 1.807) is 0 Å². The van der Waals surface area contributed by atoms with Gasteiger partial charge in [0.15, 0.2) is 6.10 Å². The number of hydrogen-bond acceptors (Lipinski definition) is 6. The first-order valence-corrected chi connectivity index (χ1v) is 34.1. The molecule has 0 aliphatic rings. The van der Waals surface area contributed by atoms with Gasteiger partial charge in [0.1, 0.15) is 13.2 Å². The molecule has 0 rings (SSSR count). The van der Waals surface area contributed by atoms with Crippen LogP contribution in [0.3, 0.4) is 0 Å². The van der Waals surface area contributed by atoms with E-state index >= 15 is 0 Å². The predicted octanol–water partition coefficient (Wildman–Crippen LogP) is 23.3. The van der Waals surface area contributed by atoms with Gasteiger partial charge in [-0.3, -0.25) is 14.4 Å². The third kappa shape index (κ3) is 64.1. The Morgan fingerprint density at radius 3 is 0.740 bits per heavy atom. The molecular weight excluding hydrogens is 949 g/mol. The molecular formula is C71H130O6. The molecule has 1 unspecified atom stereocenters. The fourth-order valence-electron chi connectivity index (χ4n) is 10.2. The van der Waals surface area contributed by atoms with Gasteiger partial charge in [-0.2, -0.15) is 0 Å². The van der Waals surface area contributed by atoms with E-state index < -0.39 is 6.10 Å². The fraction of sp³-hybridized carbons (Fsp3) is 0.845. The summed E-state index contributed by atoms with van der Waals surface area (Å²) in [7, 11) is 0. The van der Waals surface area contributed by atoms with E-state index in [1.807, 2.05) is 0 Å². The summed E-state index contributed by atoms with van der Waals surface area (Å²) in [6.45, 7) is 6.63. The Balaban J connectivity index is 4.24. The number of ether oxygens (including phenoxy) is 3. The van der Waals surface area contributed by atoms with Crippen molar-refractivity contribution in [1.29, 1.82) is 0 Å². The molecule has 6 nitrogen and oxygen atoms in total. The average molecular weight is 1080 g/mol. The molecule has 0 N–H and O–H groups in total. The smallest absolute Gasteiger partial charge is 0.306 e. The molecule has 0 fully saturated rings. The van der Waals surface area contributed by atoms with Crippen LogP contribution in [0.2, 0.25) is 0 Å². The van der Waals surface area contributed by atoms with Crippen molar-refractivity contribution in [1.82, 2.24) is 0 Å². The Kier molecular flexibility index (Phi) is 63.6. The maximum Gasteiger partial charge on any atom is 0.306 e. The van der Waals surface area contributed by atoms with E-state index in [2.05, 4.69) is 69.4 Å². The highest BCUT2D eigenvalue weighted by Gasteiger charge is 2.19. The first kappa shape index (κ1) is 74.4. The average Bonchev–Trinajstić information content (AvgIpc) is 3.43. The Labute approximate surface area is 479 Å². The lowest BCUT2D eigenvalue weighted by molar-refractivity contribution is -0.167. The lowest BCUT2D eigenvalue weighted by atomic mass is 10.0. The van der Waals surface area contributed by atoms with Gasteiger partial charge in [-0.15, -0.1) is 0 Å². The first-order valence-electron chi connectivity index (χ1n) is 34.1. The van der Waals surface area contributed by atoms with Gasteiger partial charge in [0.25, 0.3) is 0 Å². The number of rotatable bonds is 63. The third-order valence-corrected chi connectivity index (χ3v) is 15.3. The minimum atomic E-state index is -0.783. The van der Waals surface area contributed by atoms with Crippen molar-refractivity contribution in [2.75, 3.05) is 13.2 Å². The molecule has 1 atom stereocenters. The summed E-state index contributed by atoms with van der Waals surface area (Å²) in [5.74, 6) is -0.877. The summed E-state index contributed by atoms with van der Waals surface area (Å²) >= 11 is 0. The number of carbonyl (C=O) groups is 3. The highest BCUT2D eigenvalue weighted by Crippen LogP contribution is 2.18. The Bertz CT molecular complexity index is 1330. The normalized spacial score (nSPS) is 12.3. The molecule has 6 heteroatoms. The summed E-state index contributed by atoms with van der Waals surface area (Å²) in [6.07, 6.45) is 82.8. The van der Waals surface area contributed by atoms with Gasteiger partial charge in [0.2, 0.25) is 0 Å². The van der Waals surface area contributed by atoms with E-state index in [9.17, 15) is 14.4 Å². The lowest BCUT2D eigenvalue weighted by Crippen LogP contribution is -2.30. The molecule has 450 valence electrons. The molecule has 0 amide bonds. The van der Waals surface area contributed by atoms with Crippen LogP contribution in [0.1, 0.15) is 367 Å². The molecule has 0 aliphatic carbocycles. The van der Waals surface area contributed by atoms with Crippen molar-refractivity contribution in [3.05, 3.63) is 48.6 Å². The maximum absolute atomic E-state index is 12.9. The van der Waals surface area contributed by atoms with Crippen LogP contribution in [0.25, 0.3) is 0 Å². The van der Waals surface area contributed by atoms with Crippen LogP contribution in [0.4, 0.5) is 0 Å². The molecule has 0 radical (unpaired) electrons. The molecule has 0 aliphatic heterocycles. The van der Waals surface area contributed by atoms with Crippen LogP contribution >= 0.6 is 0 Å². The monoisotopic (exact) mass is 1080 g/mol. The van der Waals surface area contributed by atoms with E-state index in [0.29, 0.717) is 19.3 Å². The van der Waals surface area contributed by atoms with Crippen LogP contribution in [-0.2, 0) is 28.6 Å². The molecule has 0 spiro atoms. The van der Waals surface area contributed by atoms with Gasteiger partial charge in [0.05, 0.1) is 0 Å². The van der Waals surface area contributed by atoms with Gasteiger partial charge in [-0.1, -0.05) is 313 Å². The topological polar surface area (TPSA) is 78.9 Å². The minimum Gasteiger partial charge on any atom is -0.462 e. The fourth-order valence-corrected chi connectivity index (χ4v) is 10.2. The minimum absolute atomic E-state index is 0.0774. The molecule has 0 aromatic rings. The van der Waals surface area contributed by atoms with Crippen molar-refractivity contribution in [2.45, 2.75) is 374 Å². The Morgan fingerprint density at radius 1 is 0.260 bits per heavy atom. The molecule has 0 saturated heterocycles. The van der Waals surface area contributed by atoms with E-state index in [0.717, 1.165) is 89.9 Å². The molecule has 0 saturated carbocycles. The largest absolute Gasteiger partial charge is 0.462 e. The summed E-state index contributed by atoms with van der Waals surface area (Å²) in [6, 6.07) is 0. The summed E-state index contributed by atoms with van der Waals surface area (Å²) < 4.78 is 16.9. The first-order chi connectivity index (χ1) is 38.0. The number of unbranched alkanes of at least 4 members (excludes halogenated alkanes) is 44. The van der Waals surface area contributed by atoms with E-state index in [-0.39, 0.29) is 31.1 Å². The van der Waals surface area contributed by atoms with E-state index in [1.165, 1.54) is 238 Å². The molecule has 0 heterocycles. The Morgan fingerprint density at radius 2 is 0.468 bits per heavy atom. The van der Waals surface area contributed by atoms with Gasteiger partial charge in [0, 0.05) is 19.3 Å². The molecule has 0 aromatic heterocycles. The van der Waals surface area contributed by atoms with Gasteiger partial charge >= 0.3 is 17.9 Å². The zero-order valence-corrected chi connectivity index (χ0v) is 51.7. The molecule has 77 heavy (non-hydrogen) atoms. The van der Waals surface area contributed by atoms with Gasteiger partial charge in [-0.25, -0.2) is 0 Å². The number of hydrogen-bond donors (Lipinski definition) is 0. The quantitative estimate of drug-likeness (QED) is 0.0261. The van der Waals surface area contributed by atoms with Crippen LogP contribution in [0.15, 0.2) is 48.6 Å². The van der Waals surface area contributed by atoms with Crippen molar-refractivity contribution in [3.8, 4) is 0 Å². The van der Waals surface area contributed by atoms with Crippen LogP contribution < -0.4 is 0 Å². The summed E-state index contributed by atoms with van der Waals surface area (Å²) in [5, 5.41) is 0. The molecule has 0 bridgehead atoms. The zero-order chi connectivity index (χ0) is 55.7. The Hall–Kier alpha value is -2.63. The SMILES string of the molecule is CCCCC/C=C\C/C=C\CCCCCCCCCC(=O)OC(COC(=O)CCCCCCC/C=C\C/C=C\CCCCC)COC(=O)CCCCCCCCCCCCCCCCCCCCCCCCCCCCC. The highest BCUT2D eigenvalue weighted by atomic mass is 16.6. The highest BCUT2D eigenvalue weighted by molar-refractivity contribution is 5.71. The lowest BCUT2D eigenvalue weighted by Gasteiger charge is -2.18. The van der Waals surface area contributed by atoms with Gasteiger partial charge in [-0.05, 0) is 83.5 Å². The van der Waals surface area contributed by atoms with Gasteiger partial charge < -0.3 is 14.2 Å². The van der Waals surface area contributed by atoms with Crippen LogP contribution in [0, 0.1) is 0 Å². The predicted molar refractivity (Wildman–Crippen MR) is 335 cm³/mol. The second-order valence-corrected chi connectivity index (χ2v) is 23.1. The van der Waals surface area contributed by atoms with Crippen molar-refractivity contribution >= 4 is 17.9 Å². The van der Waals surface area contributed by atoms with Crippen molar-refractivity contribution < 1.29 is 28.6 Å². The second-order valence-electron chi connectivity index (χ2n) is 23.1. The van der Waals surface area contributed by atoms with Crippen LogP contribution in [-0.4, -0.2) is 37.2 Å². The number of carbonyl (C=O) groups excluding carboxylic acids is 3. The standard InChI is InChI=1S/C71H130O6/c1-4-7-10-13-16-19-22-25-28-30-31-32-33-34-35-36-37-38-39-41-43-46-49-52-55-58-61-64-70(73)76-67-68(66-75-69(72)63-60-57-54-51-48-45-42-27-24-21-18-15-12-9-6-3)77-71(74)65-62-59-56-53-50-47-44-40-29-26-23-20-17-14-11-8-5-2/h17-18,20-21,26-27,29,42,68H,4-16,19,22-25,28,30-41,43-67H2,1-3H3/b20-17-,21-18-,29-26-,42-27-. The molecule has 0 aromatic carbocycles. The number of esters is 3. The van der Waals surface area contributed by atoms with Crippen LogP contribution in [0.5, 0.6) is 0 Å².